The Hall–Kier alpha value is -0.650. The summed E-state index contributed by atoms with van der Waals surface area (Å²) >= 11 is 1.79. The fourth-order valence-electron chi connectivity index (χ4n) is 2.38. The first-order chi connectivity index (χ1) is 8.91. The van der Waals surface area contributed by atoms with Gasteiger partial charge in [-0.15, -0.1) is 0 Å². The minimum atomic E-state index is -0.285. The van der Waals surface area contributed by atoms with Gasteiger partial charge in [0.1, 0.15) is 0 Å². The first kappa shape index (κ1) is 14.8. The molecule has 1 fully saturated rings. The molecule has 2 rings (SSSR count). The number of nitrogens with zero attached hydrogens (tertiary/aromatic N) is 3. The van der Waals surface area contributed by atoms with Gasteiger partial charge in [-0.25, -0.2) is 4.98 Å². The Kier molecular flexibility index (Phi) is 4.48. The summed E-state index contributed by atoms with van der Waals surface area (Å²) in [6, 6.07) is 0. The molecule has 0 radical (unpaired) electrons. The number of likely N-dealkylation sites (N-methyl/N-ethyl adjacent to an activating group) is 1. The van der Waals surface area contributed by atoms with E-state index in [0.717, 1.165) is 44.2 Å². The van der Waals surface area contributed by atoms with Crippen LogP contribution in [0, 0.1) is 0 Å². The van der Waals surface area contributed by atoms with E-state index < -0.39 is 0 Å². The van der Waals surface area contributed by atoms with Crippen molar-refractivity contribution in [1.29, 1.82) is 0 Å². The number of rotatable bonds is 4. The van der Waals surface area contributed by atoms with Gasteiger partial charge in [0.25, 0.3) is 0 Å². The zero-order chi connectivity index (χ0) is 14.0. The minimum Gasteiger partial charge on any atom is -0.346 e. The van der Waals surface area contributed by atoms with Gasteiger partial charge in [-0.2, -0.15) is 0 Å². The molecule has 0 aliphatic carbocycles. The molecule has 0 saturated carbocycles. The first-order valence-corrected chi connectivity index (χ1v) is 7.96. The van der Waals surface area contributed by atoms with Gasteiger partial charge >= 0.3 is 0 Å². The van der Waals surface area contributed by atoms with Crippen molar-refractivity contribution in [1.82, 2.24) is 9.88 Å². The lowest BCUT2D eigenvalue weighted by atomic mass is 10.0. The van der Waals surface area contributed by atoms with E-state index in [4.69, 9.17) is 10.7 Å². The number of nitrogens with two attached hydrogens (primary N) is 1. The van der Waals surface area contributed by atoms with Crippen LogP contribution in [-0.2, 0) is 12.0 Å². The second-order valence-electron chi connectivity index (χ2n) is 6.03. The standard InChI is InChI=1S/C14H26N4S/c1-5-6-11-12(14(2,3)15)19-13(16-11)18-9-7-17(4)8-10-18/h5-10,15H2,1-4H3. The monoisotopic (exact) mass is 282 g/mol. The van der Waals surface area contributed by atoms with E-state index in [1.54, 1.807) is 11.3 Å². The number of anilines is 1. The molecule has 4 nitrogen and oxygen atoms in total. The zero-order valence-corrected chi connectivity index (χ0v) is 13.4. The lowest BCUT2D eigenvalue weighted by Gasteiger charge is -2.32. The average molecular weight is 282 g/mol. The Balaban J connectivity index is 2.22. The van der Waals surface area contributed by atoms with Crippen molar-refractivity contribution in [3.63, 3.8) is 0 Å². The van der Waals surface area contributed by atoms with Crippen LogP contribution in [0.5, 0.6) is 0 Å². The van der Waals surface area contributed by atoms with Crippen LogP contribution < -0.4 is 10.6 Å². The Labute approximate surface area is 120 Å². The van der Waals surface area contributed by atoms with Gasteiger partial charge in [-0.05, 0) is 27.3 Å². The summed E-state index contributed by atoms with van der Waals surface area (Å²) in [5.74, 6) is 0. The predicted molar refractivity (Wildman–Crippen MR) is 83.0 cm³/mol. The van der Waals surface area contributed by atoms with Crippen LogP contribution in [0.25, 0.3) is 0 Å². The highest BCUT2D eigenvalue weighted by Gasteiger charge is 2.25. The van der Waals surface area contributed by atoms with Gasteiger partial charge < -0.3 is 15.5 Å². The quantitative estimate of drug-likeness (QED) is 0.918. The van der Waals surface area contributed by atoms with Crippen molar-refractivity contribution in [2.45, 2.75) is 39.2 Å². The molecule has 1 aliphatic rings. The lowest BCUT2D eigenvalue weighted by Crippen LogP contribution is -2.44. The predicted octanol–water partition coefficient (Wildman–Crippen LogP) is 2.04. The molecule has 5 heteroatoms. The van der Waals surface area contributed by atoms with Crippen molar-refractivity contribution >= 4 is 16.5 Å². The number of aromatic nitrogens is 1. The molecule has 1 aromatic rings. The SMILES string of the molecule is CCCc1nc(N2CCN(C)CC2)sc1C(C)(C)N. The van der Waals surface area contributed by atoms with Gasteiger partial charge in [0, 0.05) is 36.6 Å². The Morgan fingerprint density at radius 3 is 2.42 bits per heavy atom. The van der Waals surface area contributed by atoms with E-state index in [1.807, 2.05) is 0 Å². The van der Waals surface area contributed by atoms with E-state index in [-0.39, 0.29) is 5.54 Å². The lowest BCUT2D eigenvalue weighted by molar-refractivity contribution is 0.312. The van der Waals surface area contributed by atoms with Crippen molar-refractivity contribution in [3.8, 4) is 0 Å². The highest BCUT2D eigenvalue weighted by molar-refractivity contribution is 7.15. The van der Waals surface area contributed by atoms with Crippen LogP contribution in [0.15, 0.2) is 0 Å². The summed E-state index contributed by atoms with van der Waals surface area (Å²) < 4.78 is 0. The van der Waals surface area contributed by atoms with Crippen molar-refractivity contribution < 1.29 is 0 Å². The van der Waals surface area contributed by atoms with Crippen LogP contribution in [0.4, 0.5) is 5.13 Å². The Morgan fingerprint density at radius 1 is 1.26 bits per heavy atom. The first-order valence-electron chi connectivity index (χ1n) is 7.14. The summed E-state index contributed by atoms with van der Waals surface area (Å²) in [6.45, 7) is 10.7. The van der Waals surface area contributed by atoms with Crippen LogP contribution in [0.3, 0.4) is 0 Å². The van der Waals surface area contributed by atoms with Crippen LogP contribution in [-0.4, -0.2) is 43.1 Å². The molecule has 1 aromatic heterocycles. The molecule has 19 heavy (non-hydrogen) atoms. The normalized spacial score (nSPS) is 18.1. The Bertz CT molecular complexity index is 414. The van der Waals surface area contributed by atoms with Gasteiger partial charge in [0.2, 0.25) is 0 Å². The number of thiazole rings is 1. The molecule has 0 unspecified atom stereocenters. The van der Waals surface area contributed by atoms with E-state index in [9.17, 15) is 0 Å². The average Bonchev–Trinajstić information content (AvgIpc) is 2.74. The second-order valence-corrected chi connectivity index (χ2v) is 7.01. The van der Waals surface area contributed by atoms with Crippen molar-refractivity contribution in [2.24, 2.45) is 5.73 Å². The number of piperazine rings is 1. The van der Waals surface area contributed by atoms with E-state index in [0.29, 0.717) is 0 Å². The maximum absolute atomic E-state index is 6.30. The third kappa shape index (κ3) is 3.46. The molecule has 1 saturated heterocycles. The largest absolute Gasteiger partial charge is 0.346 e. The fourth-order valence-corrected chi connectivity index (χ4v) is 3.56. The highest BCUT2D eigenvalue weighted by Crippen LogP contribution is 2.34. The number of hydrogen-bond acceptors (Lipinski definition) is 5. The molecule has 2 heterocycles. The third-order valence-electron chi connectivity index (χ3n) is 3.53. The fraction of sp³-hybridized carbons (Fsp3) is 0.786. The van der Waals surface area contributed by atoms with Gasteiger partial charge in [-0.1, -0.05) is 24.7 Å². The van der Waals surface area contributed by atoms with Gasteiger partial charge in [-0.3, -0.25) is 0 Å². The highest BCUT2D eigenvalue weighted by atomic mass is 32.1. The zero-order valence-electron chi connectivity index (χ0n) is 12.6. The van der Waals surface area contributed by atoms with Crippen LogP contribution in [0.2, 0.25) is 0 Å². The number of aryl methyl sites for hydroxylation is 1. The molecule has 0 atom stereocenters. The van der Waals surface area contributed by atoms with E-state index in [2.05, 4.69) is 37.6 Å². The smallest absolute Gasteiger partial charge is 0.185 e. The molecular formula is C14H26N4S. The molecule has 0 bridgehead atoms. The molecule has 0 aromatic carbocycles. The molecule has 2 N–H and O–H groups in total. The van der Waals surface area contributed by atoms with E-state index in [1.165, 1.54) is 10.6 Å². The minimum absolute atomic E-state index is 0.285. The molecule has 0 amide bonds. The third-order valence-corrected chi connectivity index (χ3v) is 5.03. The van der Waals surface area contributed by atoms with E-state index >= 15 is 0 Å². The Morgan fingerprint density at radius 2 is 1.89 bits per heavy atom. The second kappa shape index (κ2) is 5.77. The van der Waals surface area contributed by atoms with Crippen molar-refractivity contribution in [2.75, 3.05) is 38.1 Å². The van der Waals surface area contributed by atoms with Gasteiger partial charge in [0.15, 0.2) is 5.13 Å². The maximum atomic E-state index is 6.30. The summed E-state index contributed by atoms with van der Waals surface area (Å²) in [7, 11) is 2.18. The topological polar surface area (TPSA) is 45.4 Å². The summed E-state index contributed by atoms with van der Waals surface area (Å²) in [4.78, 5) is 10.9. The summed E-state index contributed by atoms with van der Waals surface area (Å²) in [5, 5.41) is 1.16. The van der Waals surface area contributed by atoms with Crippen LogP contribution in [0.1, 0.15) is 37.8 Å². The molecule has 1 aliphatic heterocycles. The molecular weight excluding hydrogens is 256 g/mol. The number of hydrogen-bond donors (Lipinski definition) is 1. The van der Waals surface area contributed by atoms with Gasteiger partial charge in [0.05, 0.1) is 5.69 Å². The summed E-state index contributed by atoms with van der Waals surface area (Å²) in [5.41, 5.74) is 7.21. The molecule has 0 spiro atoms. The van der Waals surface area contributed by atoms with Crippen molar-refractivity contribution in [3.05, 3.63) is 10.6 Å². The van der Waals surface area contributed by atoms with Crippen LogP contribution >= 0.6 is 11.3 Å². The molecule has 108 valence electrons. The summed E-state index contributed by atoms with van der Waals surface area (Å²) in [6.07, 6.45) is 2.15. The maximum Gasteiger partial charge on any atom is 0.185 e.